The minimum absolute atomic E-state index is 0.0498. The lowest BCUT2D eigenvalue weighted by molar-refractivity contribution is -0.132. The Morgan fingerprint density at radius 2 is 1.89 bits per heavy atom. The smallest absolute Gasteiger partial charge is 0.247 e. The van der Waals surface area contributed by atoms with Crippen molar-refractivity contribution in [1.82, 2.24) is 10.2 Å². The van der Waals surface area contributed by atoms with Crippen LogP contribution in [0, 0.1) is 12.7 Å². The van der Waals surface area contributed by atoms with Crippen molar-refractivity contribution in [2.24, 2.45) is 0 Å². The molecule has 0 heterocycles. The third-order valence-corrected chi connectivity index (χ3v) is 4.22. The van der Waals surface area contributed by atoms with Crippen LogP contribution in [0.25, 0.3) is 6.08 Å². The lowest BCUT2D eigenvalue weighted by Crippen LogP contribution is -2.39. The van der Waals surface area contributed by atoms with E-state index in [4.69, 9.17) is 4.74 Å². The highest BCUT2D eigenvalue weighted by Crippen LogP contribution is 2.21. The molecule has 2 amide bonds. The molecule has 0 radical (unpaired) electrons. The number of nitrogens with one attached hydrogen (secondary N) is 1. The molecule has 5 nitrogen and oxygen atoms in total. The van der Waals surface area contributed by atoms with Crippen LogP contribution in [0.15, 0.2) is 48.5 Å². The summed E-state index contributed by atoms with van der Waals surface area (Å²) in [7, 11) is 1.58. The molecule has 0 saturated carbocycles. The normalized spacial score (nSPS) is 10.7. The van der Waals surface area contributed by atoms with Gasteiger partial charge in [-0.2, -0.15) is 0 Å². The predicted octanol–water partition coefficient (Wildman–Crippen LogP) is 3.32. The molecule has 0 aliphatic heterocycles. The Labute approximate surface area is 164 Å². The van der Waals surface area contributed by atoms with E-state index < -0.39 is 0 Å². The molecule has 0 saturated heterocycles. The van der Waals surface area contributed by atoms with Crippen molar-refractivity contribution in [3.05, 3.63) is 71.0 Å². The van der Waals surface area contributed by atoms with Gasteiger partial charge in [-0.1, -0.05) is 23.8 Å². The third kappa shape index (κ3) is 6.23. The molecule has 0 bridgehead atoms. The van der Waals surface area contributed by atoms with Gasteiger partial charge in [0.15, 0.2) is 0 Å². The molecular formula is C22H25FN2O3. The first kappa shape index (κ1) is 21.2. The zero-order chi connectivity index (χ0) is 20.5. The van der Waals surface area contributed by atoms with Gasteiger partial charge in [-0.25, -0.2) is 4.39 Å². The van der Waals surface area contributed by atoms with Crippen LogP contribution in [0.4, 0.5) is 4.39 Å². The van der Waals surface area contributed by atoms with Gasteiger partial charge in [-0.3, -0.25) is 9.59 Å². The van der Waals surface area contributed by atoms with E-state index in [2.05, 4.69) is 5.32 Å². The number of hydrogen-bond donors (Lipinski definition) is 1. The van der Waals surface area contributed by atoms with Crippen molar-refractivity contribution in [1.29, 1.82) is 0 Å². The van der Waals surface area contributed by atoms with E-state index in [1.165, 1.54) is 23.1 Å². The average Bonchev–Trinajstić information content (AvgIpc) is 2.69. The molecule has 0 aliphatic carbocycles. The molecule has 2 aromatic rings. The number of methoxy groups -OCH3 is 1. The second-order valence-electron chi connectivity index (χ2n) is 6.33. The van der Waals surface area contributed by atoms with Crippen molar-refractivity contribution in [3.8, 4) is 5.75 Å². The van der Waals surface area contributed by atoms with Crippen molar-refractivity contribution < 1.29 is 18.7 Å². The van der Waals surface area contributed by atoms with Gasteiger partial charge in [-0.15, -0.1) is 0 Å². The highest BCUT2D eigenvalue weighted by Gasteiger charge is 2.13. The number of carbonyl (C=O) groups is 2. The van der Waals surface area contributed by atoms with E-state index in [1.807, 2.05) is 32.0 Å². The van der Waals surface area contributed by atoms with Crippen LogP contribution in [0.1, 0.15) is 23.6 Å². The maximum Gasteiger partial charge on any atom is 0.247 e. The van der Waals surface area contributed by atoms with Crippen LogP contribution in [0.5, 0.6) is 5.75 Å². The summed E-state index contributed by atoms with van der Waals surface area (Å²) >= 11 is 0. The molecule has 0 atom stereocenters. The molecule has 6 heteroatoms. The van der Waals surface area contributed by atoms with Crippen LogP contribution in [0.2, 0.25) is 0 Å². The molecule has 1 N–H and O–H groups in total. The lowest BCUT2D eigenvalue weighted by atomic mass is 10.1. The van der Waals surface area contributed by atoms with E-state index in [0.29, 0.717) is 12.3 Å². The van der Waals surface area contributed by atoms with Gasteiger partial charge < -0.3 is 15.0 Å². The highest BCUT2D eigenvalue weighted by molar-refractivity contribution is 5.94. The van der Waals surface area contributed by atoms with Gasteiger partial charge in [-0.05, 0) is 49.8 Å². The minimum Gasteiger partial charge on any atom is -0.496 e. The first-order valence-electron chi connectivity index (χ1n) is 9.05. The fourth-order valence-electron chi connectivity index (χ4n) is 2.63. The van der Waals surface area contributed by atoms with E-state index in [9.17, 15) is 14.0 Å². The zero-order valence-corrected chi connectivity index (χ0v) is 16.4. The minimum atomic E-state index is -0.324. The Morgan fingerprint density at radius 3 is 2.54 bits per heavy atom. The van der Waals surface area contributed by atoms with Gasteiger partial charge >= 0.3 is 0 Å². The van der Waals surface area contributed by atoms with Gasteiger partial charge in [0.05, 0.1) is 13.7 Å². The van der Waals surface area contributed by atoms with Crippen LogP contribution < -0.4 is 10.1 Å². The standard InChI is InChI=1S/C22H25FN2O3/c1-4-25(15-21(26)24-14-17-6-9-19(23)10-7-17)22(27)12-8-18-13-16(2)5-11-20(18)28-3/h5-13H,4,14-15H2,1-3H3,(H,24,26)/b12-8+. The van der Waals surface area contributed by atoms with Crippen molar-refractivity contribution >= 4 is 17.9 Å². The summed E-state index contributed by atoms with van der Waals surface area (Å²) in [6.07, 6.45) is 3.13. The van der Waals surface area contributed by atoms with Crippen molar-refractivity contribution in [2.75, 3.05) is 20.2 Å². The fourth-order valence-corrected chi connectivity index (χ4v) is 2.63. The SMILES string of the molecule is CCN(CC(=O)NCc1ccc(F)cc1)C(=O)/C=C/c1cc(C)ccc1OC. The van der Waals surface area contributed by atoms with Crippen molar-refractivity contribution in [3.63, 3.8) is 0 Å². The second kappa shape index (κ2) is 10.3. The molecule has 0 aromatic heterocycles. The molecule has 28 heavy (non-hydrogen) atoms. The largest absolute Gasteiger partial charge is 0.496 e. The van der Waals surface area contributed by atoms with Crippen LogP contribution >= 0.6 is 0 Å². The molecule has 0 aliphatic rings. The number of ether oxygens (including phenoxy) is 1. The lowest BCUT2D eigenvalue weighted by Gasteiger charge is -2.18. The Balaban J connectivity index is 1.94. The molecule has 148 valence electrons. The number of aryl methyl sites for hydroxylation is 1. The van der Waals surface area contributed by atoms with E-state index in [1.54, 1.807) is 25.3 Å². The van der Waals surface area contributed by atoms with E-state index >= 15 is 0 Å². The first-order chi connectivity index (χ1) is 13.4. The molecule has 0 fully saturated rings. The second-order valence-corrected chi connectivity index (χ2v) is 6.33. The van der Waals surface area contributed by atoms with Gasteiger partial charge in [0, 0.05) is 24.7 Å². The summed E-state index contributed by atoms with van der Waals surface area (Å²) < 4.78 is 18.2. The van der Waals surface area contributed by atoms with Gasteiger partial charge in [0.25, 0.3) is 0 Å². The van der Waals surface area contributed by atoms with Crippen molar-refractivity contribution in [2.45, 2.75) is 20.4 Å². The maximum absolute atomic E-state index is 12.9. The van der Waals surface area contributed by atoms with Crippen LogP contribution in [-0.2, 0) is 16.1 Å². The molecule has 0 unspecified atom stereocenters. The average molecular weight is 384 g/mol. The monoisotopic (exact) mass is 384 g/mol. The fraction of sp³-hybridized carbons (Fsp3) is 0.273. The maximum atomic E-state index is 12.9. The number of halogens is 1. The van der Waals surface area contributed by atoms with Crippen LogP contribution in [0.3, 0.4) is 0 Å². The third-order valence-electron chi connectivity index (χ3n) is 4.22. The summed E-state index contributed by atoms with van der Waals surface area (Å²) in [5, 5.41) is 2.74. The first-order valence-corrected chi connectivity index (χ1v) is 9.05. The number of benzene rings is 2. The predicted molar refractivity (Wildman–Crippen MR) is 107 cm³/mol. The van der Waals surface area contributed by atoms with Gasteiger partial charge in [0.2, 0.25) is 11.8 Å². The summed E-state index contributed by atoms with van der Waals surface area (Å²) in [5.41, 5.74) is 2.64. The number of amides is 2. The summed E-state index contributed by atoms with van der Waals surface area (Å²) in [4.78, 5) is 26.1. The number of nitrogens with zero attached hydrogens (tertiary/aromatic N) is 1. The molecule has 2 rings (SSSR count). The summed E-state index contributed by atoms with van der Waals surface area (Å²) in [5.74, 6) is -0.186. The van der Waals surface area contributed by atoms with E-state index in [0.717, 1.165) is 16.7 Å². The Morgan fingerprint density at radius 1 is 1.18 bits per heavy atom. The van der Waals surface area contributed by atoms with Gasteiger partial charge in [0.1, 0.15) is 11.6 Å². The molecule has 0 spiro atoms. The topological polar surface area (TPSA) is 58.6 Å². The molecule has 2 aromatic carbocycles. The highest BCUT2D eigenvalue weighted by atomic mass is 19.1. The Hall–Kier alpha value is -3.15. The van der Waals surface area contributed by atoms with Crippen LogP contribution in [-0.4, -0.2) is 36.9 Å². The summed E-state index contributed by atoms with van der Waals surface area (Å²) in [6, 6.07) is 11.6. The Bertz CT molecular complexity index is 847. The quantitative estimate of drug-likeness (QED) is 0.711. The zero-order valence-electron chi connectivity index (χ0n) is 16.4. The Kier molecular flexibility index (Phi) is 7.75. The number of hydrogen-bond acceptors (Lipinski definition) is 3. The van der Waals surface area contributed by atoms with E-state index in [-0.39, 0.29) is 30.7 Å². The number of rotatable bonds is 8. The molecular weight excluding hydrogens is 359 g/mol. The summed E-state index contributed by atoms with van der Waals surface area (Å²) in [6.45, 7) is 4.40. The number of carbonyl (C=O) groups excluding carboxylic acids is 2. The number of likely N-dealkylation sites (N-methyl/N-ethyl adjacent to an activating group) is 1.